The van der Waals surface area contributed by atoms with Crippen LogP contribution >= 0.6 is 0 Å². The number of aromatic nitrogens is 2. The van der Waals surface area contributed by atoms with Crippen molar-refractivity contribution in [3.05, 3.63) is 71.7 Å². The molecule has 2 heterocycles. The Hall–Kier alpha value is -3.54. The third kappa shape index (κ3) is 4.01. The predicted molar refractivity (Wildman–Crippen MR) is 113 cm³/mol. The lowest BCUT2D eigenvalue weighted by atomic mass is 10.1. The molecule has 0 saturated carbocycles. The van der Waals surface area contributed by atoms with Gasteiger partial charge in [0.15, 0.2) is 0 Å². The standard InChI is InChI=1S/C23H22N4O2/c1-15-14-24-16(2)22(25-15)17-6-3-7-18(12-17)23(29)26-19-8-4-9-20(13-19)27-11-5-10-21(27)28/h3-4,6-9,12-14H,5,10-11H2,1-2H3,(H,26,29). The summed E-state index contributed by atoms with van der Waals surface area (Å²) in [5, 5.41) is 2.93. The van der Waals surface area contributed by atoms with E-state index >= 15 is 0 Å². The number of benzene rings is 2. The molecule has 0 unspecified atom stereocenters. The summed E-state index contributed by atoms with van der Waals surface area (Å²) >= 11 is 0. The Balaban J connectivity index is 1.57. The average Bonchev–Trinajstić information content (AvgIpc) is 3.16. The third-order valence-corrected chi connectivity index (χ3v) is 4.96. The van der Waals surface area contributed by atoms with Gasteiger partial charge in [0, 0.05) is 41.7 Å². The van der Waals surface area contributed by atoms with Crippen LogP contribution in [0.1, 0.15) is 34.6 Å². The highest BCUT2D eigenvalue weighted by Gasteiger charge is 2.22. The summed E-state index contributed by atoms with van der Waals surface area (Å²) in [6, 6.07) is 14.7. The molecule has 2 amide bonds. The van der Waals surface area contributed by atoms with Crippen molar-refractivity contribution >= 4 is 23.2 Å². The minimum atomic E-state index is -0.213. The highest BCUT2D eigenvalue weighted by atomic mass is 16.2. The van der Waals surface area contributed by atoms with E-state index in [4.69, 9.17) is 0 Å². The van der Waals surface area contributed by atoms with Gasteiger partial charge in [0.25, 0.3) is 5.91 Å². The van der Waals surface area contributed by atoms with Crippen LogP contribution in [-0.2, 0) is 4.79 Å². The molecule has 1 N–H and O–H groups in total. The molecule has 6 heteroatoms. The number of hydrogen-bond donors (Lipinski definition) is 1. The molecule has 1 aliphatic rings. The molecule has 146 valence electrons. The topological polar surface area (TPSA) is 75.2 Å². The number of carbonyl (C=O) groups is 2. The van der Waals surface area contributed by atoms with Crippen LogP contribution in [0.25, 0.3) is 11.3 Å². The predicted octanol–water partition coefficient (Wildman–Crippen LogP) is 4.14. The van der Waals surface area contributed by atoms with E-state index in [1.54, 1.807) is 17.2 Å². The number of aryl methyl sites for hydroxylation is 2. The lowest BCUT2D eigenvalue weighted by Crippen LogP contribution is -2.23. The van der Waals surface area contributed by atoms with Gasteiger partial charge in [-0.3, -0.25) is 14.6 Å². The van der Waals surface area contributed by atoms with Crippen molar-refractivity contribution in [2.45, 2.75) is 26.7 Å². The van der Waals surface area contributed by atoms with Crippen LogP contribution in [0.3, 0.4) is 0 Å². The van der Waals surface area contributed by atoms with Gasteiger partial charge < -0.3 is 10.2 Å². The van der Waals surface area contributed by atoms with Gasteiger partial charge in [-0.15, -0.1) is 0 Å². The Morgan fingerprint density at radius 1 is 1.10 bits per heavy atom. The second-order valence-electron chi connectivity index (χ2n) is 7.18. The van der Waals surface area contributed by atoms with E-state index in [0.717, 1.165) is 41.3 Å². The minimum absolute atomic E-state index is 0.121. The number of nitrogens with one attached hydrogen (secondary N) is 1. The van der Waals surface area contributed by atoms with Gasteiger partial charge in [0.2, 0.25) is 5.91 Å². The van der Waals surface area contributed by atoms with Gasteiger partial charge >= 0.3 is 0 Å². The first-order valence-corrected chi connectivity index (χ1v) is 9.64. The number of amides is 2. The number of hydrogen-bond acceptors (Lipinski definition) is 4. The highest BCUT2D eigenvalue weighted by Crippen LogP contribution is 2.25. The Morgan fingerprint density at radius 2 is 1.93 bits per heavy atom. The summed E-state index contributed by atoms with van der Waals surface area (Å²) in [4.78, 5) is 35.5. The quantitative estimate of drug-likeness (QED) is 0.731. The summed E-state index contributed by atoms with van der Waals surface area (Å²) < 4.78 is 0. The zero-order valence-electron chi connectivity index (χ0n) is 16.5. The van der Waals surface area contributed by atoms with Crippen LogP contribution in [0.4, 0.5) is 11.4 Å². The number of anilines is 2. The summed E-state index contributed by atoms with van der Waals surface area (Å²) in [7, 11) is 0. The first-order chi connectivity index (χ1) is 14.0. The molecule has 6 nitrogen and oxygen atoms in total. The molecule has 29 heavy (non-hydrogen) atoms. The lowest BCUT2D eigenvalue weighted by molar-refractivity contribution is -0.117. The van der Waals surface area contributed by atoms with Gasteiger partial charge in [-0.05, 0) is 50.6 Å². The number of carbonyl (C=O) groups excluding carboxylic acids is 2. The van der Waals surface area contributed by atoms with E-state index in [2.05, 4.69) is 15.3 Å². The van der Waals surface area contributed by atoms with Crippen molar-refractivity contribution in [1.82, 2.24) is 9.97 Å². The summed E-state index contributed by atoms with van der Waals surface area (Å²) in [5.41, 5.74) is 5.27. The zero-order chi connectivity index (χ0) is 20.4. The zero-order valence-corrected chi connectivity index (χ0v) is 16.5. The Kier molecular flexibility index (Phi) is 5.08. The molecule has 1 saturated heterocycles. The largest absolute Gasteiger partial charge is 0.322 e. The van der Waals surface area contributed by atoms with Crippen LogP contribution in [0.15, 0.2) is 54.7 Å². The monoisotopic (exact) mass is 386 g/mol. The van der Waals surface area contributed by atoms with Crippen molar-refractivity contribution in [1.29, 1.82) is 0 Å². The molecule has 3 aromatic rings. The fraction of sp³-hybridized carbons (Fsp3) is 0.217. The Bertz CT molecular complexity index is 1090. The molecule has 0 aliphatic carbocycles. The van der Waals surface area contributed by atoms with Crippen molar-refractivity contribution in [3.63, 3.8) is 0 Å². The van der Waals surface area contributed by atoms with Gasteiger partial charge in [-0.1, -0.05) is 18.2 Å². The number of rotatable bonds is 4. The summed E-state index contributed by atoms with van der Waals surface area (Å²) in [5.74, 6) is -0.0918. The molecule has 0 atom stereocenters. The van der Waals surface area contributed by atoms with Gasteiger partial charge in [-0.25, -0.2) is 4.98 Å². The first kappa shape index (κ1) is 18.8. The van der Waals surface area contributed by atoms with Crippen molar-refractivity contribution in [2.24, 2.45) is 0 Å². The van der Waals surface area contributed by atoms with Crippen molar-refractivity contribution < 1.29 is 9.59 Å². The van der Waals surface area contributed by atoms with E-state index in [0.29, 0.717) is 17.7 Å². The van der Waals surface area contributed by atoms with Crippen molar-refractivity contribution in [2.75, 3.05) is 16.8 Å². The Morgan fingerprint density at radius 3 is 2.72 bits per heavy atom. The van der Waals surface area contributed by atoms with Crippen LogP contribution in [0.2, 0.25) is 0 Å². The summed E-state index contributed by atoms with van der Waals surface area (Å²) in [6.45, 7) is 4.51. The molecule has 0 bridgehead atoms. The van der Waals surface area contributed by atoms with E-state index in [-0.39, 0.29) is 11.8 Å². The third-order valence-electron chi connectivity index (χ3n) is 4.96. The second-order valence-corrected chi connectivity index (χ2v) is 7.18. The Labute approximate surface area is 169 Å². The molecule has 0 spiro atoms. The minimum Gasteiger partial charge on any atom is -0.322 e. The van der Waals surface area contributed by atoms with Gasteiger partial charge in [-0.2, -0.15) is 0 Å². The van der Waals surface area contributed by atoms with E-state index in [9.17, 15) is 9.59 Å². The SMILES string of the molecule is Cc1cnc(C)c(-c2cccc(C(=O)Nc3cccc(N4CCCC4=O)c3)c2)n1. The van der Waals surface area contributed by atoms with Gasteiger partial charge in [0.1, 0.15) is 0 Å². The second kappa shape index (κ2) is 7.83. The molecule has 1 aromatic heterocycles. The summed E-state index contributed by atoms with van der Waals surface area (Å²) in [6.07, 6.45) is 3.17. The van der Waals surface area contributed by atoms with Crippen LogP contribution in [0, 0.1) is 13.8 Å². The maximum absolute atomic E-state index is 12.8. The van der Waals surface area contributed by atoms with E-state index in [1.165, 1.54) is 0 Å². The highest BCUT2D eigenvalue weighted by molar-refractivity contribution is 6.05. The molecule has 2 aromatic carbocycles. The van der Waals surface area contributed by atoms with Crippen LogP contribution in [-0.4, -0.2) is 28.3 Å². The maximum Gasteiger partial charge on any atom is 0.255 e. The lowest BCUT2D eigenvalue weighted by Gasteiger charge is -2.17. The molecular weight excluding hydrogens is 364 g/mol. The molecule has 0 radical (unpaired) electrons. The van der Waals surface area contributed by atoms with E-state index < -0.39 is 0 Å². The smallest absolute Gasteiger partial charge is 0.255 e. The van der Waals surface area contributed by atoms with E-state index in [1.807, 2.05) is 56.3 Å². The number of nitrogens with zero attached hydrogens (tertiary/aromatic N) is 3. The van der Waals surface area contributed by atoms with Gasteiger partial charge in [0.05, 0.1) is 17.1 Å². The normalized spacial score (nSPS) is 13.6. The van der Waals surface area contributed by atoms with Crippen LogP contribution in [0.5, 0.6) is 0 Å². The average molecular weight is 386 g/mol. The molecule has 4 rings (SSSR count). The molecule has 1 aliphatic heterocycles. The molecule has 1 fully saturated rings. The fourth-order valence-electron chi connectivity index (χ4n) is 3.49. The molecular formula is C23H22N4O2. The fourth-order valence-corrected chi connectivity index (χ4v) is 3.49. The maximum atomic E-state index is 12.8. The first-order valence-electron chi connectivity index (χ1n) is 9.64. The van der Waals surface area contributed by atoms with Crippen molar-refractivity contribution in [3.8, 4) is 11.3 Å². The van der Waals surface area contributed by atoms with Crippen LogP contribution < -0.4 is 10.2 Å².